The van der Waals surface area contributed by atoms with Crippen LogP contribution in [0.3, 0.4) is 0 Å². The topological polar surface area (TPSA) is 33.1 Å². The zero-order valence-electron chi connectivity index (χ0n) is 11.5. The molecule has 1 fully saturated rings. The Hall–Kier alpha value is -0.390. The summed E-state index contributed by atoms with van der Waals surface area (Å²) in [6.45, 7) is 11.8. The fourth-order valence-electron chi connectivity index (χ4n) is 2.54. The van der Waals surface area contributed by atoms with E-state index in [0.29, 0.717) is 6.04 Å². The summed E-state index contributed by atoms with van der Waals surface area (Å²) in [7, 11) is 0. The van der Waals surface area contributed by atoms with Crippen molar-refractivity contribution in [2.75, 3.05) is 19.6 Å². The first-order valence-electron chi connectivity index (χ1n) is 6.85. The second kappa shape index (κ2) is 6.17. The molecule has 1 aromatic heterocycles. The van der Waals surface area contributed by atoms with Gasteiger partial charge in [0.15, 0.2) is 0 Å². The molecule has 0 aliphatic carbocycles. The van der Waals surface area contributed by atoms with Crippen LogP contribution in [0.15, 0.2) is 4.47 Å². The van der Waals surface area contributed by atoms with Crippen LogP contribution in [0.25, 0.3) is 0 Å². The third-order valence-electron chi connectivity index (χ3n) is 3.52. The molecule has 2 heterocycles. The van der Waals surface area contributed by atoms with Crippen LogP contribution in [-0.4, -0.2) is 40.4 Å². The number of piperazine rings is 1. The molecule has 5 heteroatoms. The van der Waals surface area contributed by atoms with Crippen molar-refractivity contribution in [2.45, 2.75) is 46.3 Å². The SMILES string of the molecule is CCc1nn(CC)c(CN2CCNC(C)C2)c1Br. The smallest absolute Gasteiger partial charge is 0.0767 e. The van der Waals surface area contributed by atoms with Gasteiger partial charge in [0.05, 0.1) is 15.9 Å². The third kappa shape index (κ3) is 2.95. The van der Waals surface area contributed by atoms with Crippen molar-refractivity contribution >= 4 is 15.9 Å². The van der Waals surface area contributed by atoms with E-state index in [1.165, 1.54) is 15.9 Å². The lowest BCUT2D eigenvalue weighted by Crippen LogP contribution is -2.48. The maximum absolute atomic E-state index is 4.66. The molecule has 1 aliphatic heterocycles. The largest absolute Gasteiger partial charge is 0.312 e. The monoisotopic (exact) mass is 314 g/mol. The van der Waals surface area contributed by atoms with Crippen LogP contribution in [0.4, 0.5) is 0 Å². The van der Waals surface area contributed by atoms with Crippen molar-refractivity contribution in [3.8, 4) is 0 Å². The Morgan fingerprint density at radius 2 is 2.22 bits per heavy atom. The van der Waals surface area contributed by atoms with E-state index in [9.17, 15) is 0 Å². The number of nitrogens with zero attached hydrogens (tertiary/aromatic N) is 3. The van der Waals surface area contributed by atoms with E-state index in [1.54, 1.807) is 0 Å². The molecule has 1 N–H and O–H groups in total. The van der Waals surface area contributed by atoms with Crippen molar-refractivity contribution in [1.82, 2.24) is 20.0 Å². The van der Waals surface area contributed by atoms with Crippen molar-refractivity contribution in [2.24, 2.45) is 0 Å². The highest BCUT2D eigenvalue weighted by atomic mass is 79.9. The molecule has 102 valence electrons. The summed E-state index contributed by atoms with van der Waals surface area (Å²) in [6, 6.07) is 0.584. The van der Waals surface area contributed by atoms with Gasteiger partial charge in [0, 0.05) is 38.8 Å². The summed E-state index contributed by atoms with van der Waals surface area (Å²) >= 11 is 3.72. The molecule has 1 aliphatic rings. The third-order valence-corrected chi connectivity index (χ3v) is 4.44. The zero-order chi connectivity index (χ0) is 13.1. The Kier molecular flexibility index (Phi) is 4.81. The molecule has 0 aromatic carbocycles. The Labute approximate surface area is 118 Å². The molecule has 0 spiro atoms. The minimum absolute atomic E-state index is 0.584. The number of hydrogen-bond acceptors (Lipinski definition) is 3. The lowest BCUT2D eigenvalue weighted by molar-refractivity contribution is 0.194. The molecule has 0 amide bonds. The van der Waals surface area contributed by atoms with Crippen LogP contribution in [0.2, 0.25) is 0 Å². The van der Waals surface area contributed by atoms with Gasteiger partial charge in [-0.3, -0.25) is 9.58 Å². The number of halogens is 1. The Bertz CT molecular complexity index is 402. The second-order valence-corrected chi connectivity index (χ2v) is 5.76. The standard InChI is InChI=1S/C13H23BrN4/c1-4-11-13(14)12(18(5-2)16-11)9-17-7-6-15-10(3)8-17/h10,15H,4-9H2,1-3H3. The highest BCUT2D eigenvalue weighted by Crippen LogP contribution is 2.24. The number of rotatable bonds is 4. The fourth-order valence-corrected chi connectivity index (χ4v) is 3.23. The summed E-state index contributed by atoms with van der Waals surface area (Å²) in [5.74, 6) is 0. The van der Waals surface area contributed by atoms with Gasteiger partial charge >= 0.3 is 0 Å². The lowest BCUT2D eigenvalue weighted by atomic mass is 10.2. The van der Waals surface area contributed by atoms with Gasteiger partial charge in [0.2, 0.25) is 0 Å². The highest BCUT2D eigenvalue weighted by molar-refractivity contribution is 9.10. The zero-order valence-corrected chi connectivity index (χ0v) is 13.1. The molecule has 1 atom stereocenters. The maximum Gasteiger partial charge on any atom is 0.0767 e. The van der Waals surface area contributed by atoms with Crippen molar-refractivity contribution in [3.63, 3.8) is 0 Å². The Morgan fingerprint density at radius 3 is 2.83 bits per heavy atom. The van der Waals surface area contributed by atoms with Crippen molar-refractivity contribution in [1.29, 1.82) is 0 Å². The normalized spacial score (nSPS) is 21.4. The number of aryl methyl sites for hydroxylation is 2. The van der Waals surface area contributed by atoms with Gasteiger partial charge in [-0.2, -0.15) is 5.10 Å². The molecular formula is C13H23BrN4. The van der Waals surface area contributed by atoms with Gasteiger partial charge < -0.3 is 5.32 Å². The number of nitrogens with one attached hydrogen (secondary N) is 1. The molecule has 2 rings (SSSR count). The van der Waals surface area contributed by atoms with E-state index in [0.717, 1.165) is 39.1 Å². The summed E-state index contributed by atoms with van der Waals surface area (Å²) in [5.41, 5.74) is 2.50. The molecule has 1 aromatic rings. The van der Waals surface area contributed by atoms with Gasteiger partial charge in [-0.25, -0.2) is 0 Å². The van der Waals surface area contributed by atoms with Gasteiger partial charge in [0.25, 0.3) is 0 Å². The first kappa shape index (κ1) is 14.0. The minimum Gasteiger partial charge on any atom is -0.312 e. The molecule has 0 radical (unpaired) electrons. The molecule has 4 nitrogen and oxygen atoms in total. The van der Waals surface area contributed by atoms with E-state index in [4.69, 9.17) is 0 Å². The molecule has 18 heavy (non-hydrogen) atoms. The molecule has 1 saturated heterocycles. The maximum atomic E-state index is 4.66. The van der Waals surface area contributed by atoms with Crippen LogP contribution < -0.4 is 5.32 Å². The van der Waals surface area contributed by atoms with Gasteiger partial charge in [0.1, 0.15) is 0 Å². The van der Waals surface area contributed by atoms with Crippen LogP contribution in [0, 0.1) is 0 Å². The van der Waals surface area contributed by atoms with Crippen LogP contribution in [0.1, 0.15) is 32.2 Å². The lowest BCUT2D eigenvalue weighted by Gasteiger charge is -2.31. The fraction of sp³-hybridized carbons (Fsp3) is 0.769. The van der Waals surface area contributed by atoms with Crippen LogP contribution >= 0.6 is 15.9 Å². The number of hydrogen-bond donors (Lipinski definition) is 1. The predicted molar refractivity (Wildman–Crippen MR) is 77.7 cm³/mol. The van der Waals surface area contributed by atoms with Gasteiger partial charge in [-0.15, -0.1) is 0 Å². The summed E-state index contributed by atoms with van der Waals surface area (Å²) in [6.07, 6.45) is 0.985. The van der Waals surface area contributed by atoms with Crippen LogP contribution in [-0.2, 0) is 19.5 Å². The Morgan fingerprint density at radius 1 is 1.44 bits per heavy atom. The number of aromatic nitrogens is 2. The first-order valence-corrected chi connectivity index (χ1v) is 7.64. The van der Waals surface area contributed by atoms with Crippen LogP contribution in [0.5, 0.6) is 0 Å². The van der Waals surface area contributed by atoms with E-state index in [2.05, 4.69) is 56.7 Å². The second-order valence-electron chi connectivity index (χ2n) is 4.97. The molecule has 0 bridgehead atoms. The minimum atomic E-state index is 0.584. The van der Waals surface area contributed by atoms with E-state index < -0.39 is 0 Å². The Balaban J connectivity index is 2.14. The van der Waals surface area contributed by atoms with Gasteiger partial charge in [-0.1, -0.05) is 6.92 Å². The summed E-state index contributed by atoms with van der Waals surface area (Å²) < 4.78 is 3.34. The summed E-state index contributed by atoms with van der Waals surface area (Å²) in [4.78, 5) is 2.51. The average molecular weight is 315 g/mol. The highest BCUT2D eigenvalue weighted by Gasteiger charge is 2.20. The predicted octanol–water partition coefficient (Wildman–Crippen LogP) is 2.02. The molecule has 0 saturated carbocycles. The average Bonchev–Trinajstić information content (AvgIpc) is 2.66. The first-order chi connectivity index (χ1) is 8.65. The van der Waals surface area contributed by atoms with E-state index in [1.807, 2.05) is 0 Å². The van der Waals surface area contributed by atoms with Crippen molar-refractivity contribution in [3.05, 3.63) is 15.9 Å². The quantitative estimate of drug-likeness (QED) is 0.923. The van der Waals surface area contributed by atoms with Crippen molar-refractivity contribution < 1.29 is 0 Å². The van der Waals surface area contributed by atoms with Gasteiger partial charge in [-0.05, 0) is 36.2 Å². The molecular weight excluding hydrogens is 292 g/mol. The van der Waals surface area contributed by atoms with E-state index >= 15 is 0 Å². The van der Waals surface area contributed by atoms with E-state index in [-0.39, 0.29) is 0 Å². The summed E-state index contributed by atoms with van der Waals surface area (Å²) in [5, 5.41) is 8.14. The molecule has 1 unspecified atom stereocenters.